The number of allylic oxidation sites excluding steroid dienone is 2. The number of carbonyl (C=O) groups is 1. The fourth-order valence-electron chi connectivity index (χ4n) is 2.80. The first-order valence-corrected chi connectivity index (χ1v) is 7.98. The number of amides is 1. The molecule has 0 unspecified atom stereocenters. The molecule has 1 aromatic heterocycles. The van der Waals surface area contributed by atoms with Gasteiger partial charge < -0.3 is 14.8 Å². The summed E-state index contributed by atoms with van der Waals surface area (Å²) in [6, 6.07) is 11.3. The number of hydrogen-bond acceptors (Lipinski definition) is 3. The van der Waals surface area contributed by atoms with Crippen LogP contribution in [0.3, 0.4) is 0 Å². The largest absolute Gasteiger partial charge is 0.464 e. The minimum atomic E-state index is -0.705. The van der Waals surface area contributed by atoms with Crippen molar-refractivity contribution in [2.24, 2.45) is 5.92 Å². The van der Waals surface area contributed by atoms with E-state index < -0.39 is 6.10 Å². The van der Waals surface area contributed by atoms with Gasteiger partial charge in [0.2, 0.25) is 5.91 Å². The fourth-order valence-corrected chi connectivity index (χ4v) is 2.80. The molecule has 0 bridgehead atoms. The van der Waals surface area contributed by atoms with E-state index >= 15 is 0 Å². The van der Waals surface area contributed by atoms with E-state index in [1.54, 1.807) is 6.26 Å². The van der Waals surface area contributed by atoms with Crippen molar-refractivity contribution in [3.63, 3.8) is 0 Å². The van der Waals surface area contributed by atoms with Crippen LogP contribution < -0.4 is 5.32 Å². The van der Waals surface area contributed by atoms with Gasteiger partial charge >= 0.3 is 0 Å². The summed E-state index contributed by atoms with van der Waals surface area (Å²) >= 11 is 0. The molecule has 2 N–H and O–H groups in total. The quantitative estimate of drug-likeness (QED) is 0.831. The van der Waals surface area contributed by atoms with E-state index in [-0.39, 0.29) is 18.4 Å². The Hall–Kier alpha value is -2.33. The highest BCUT2D eigenvalue weighted by Gasteiger charge is 2.19. The predicted molar refractivity (Wildman–Crippen MR) is 88.6 cm³/mol. The van der Waals surface area contributed by atoms with Crippen LogP contribution in [0.5, 0.6) is 0 Å². The van der Waals surface area contributed by atoms with Crippen molar-refractivity contribution in [3.8, 4) is 11.3 Å². The van der Waals surface area contributed by atoms with Gasteiger partial charge in [-0.1, -0.05) is 36.4 Å². The Morgan fingerprint density at radius 3 is 2.74 bits per heavy atom. The molecule has 0 fully saturated rings. The zero-order valence-electron chi connectivity index (χ0n) is 12.9. The number of rotatable bonds is 5. The second-order valence-corrected chi connectivity index (χ2v) is 5.84. The molecule has 1 aromatic carbocycles. The molecule has 0 saturated carbocycles. The minimum Gasteiger partial charge on any atom is -0.464 e. The molecule has 2 atom stereocenters. The van der Waals surface area contributed by atoms with Gasteiger partial charge in [-0.3, -0.25) is 4.79 Å². The third kappa shape index (κ3) is 3.90. The monoisotopic (exact) mass is 311 g/mol. The number of aliphatic hydroxyl groups excluding tert-OH is 1. The molecular formula is C19H21NO3. The van der Waals surface area contributed by atoms with E-state index in [1.807, 2.05) is 36.4 Å². The number of benzene rings is 1. The maximum Gasteiger partial charge on any atom is 0.223 e. The van der Waals surface area contributed by atoms with Crippen LogP contribution in [0, 0.1) is 5.92 Å². The molecule has 2 aromatic rings. The fraction of sp³-hybridized carbons (Fsp3) is 0.316. The first-order valence-electron chi connectivity index (χ1n) is 7.98. The highest BCUT2D eigenvalue weighted by Crippen LogP contribution is 2.22. The molecule has 1 aliphatic rings. The molecule has 1 heterocycles. The van der Waals surface area contributed by atoms with Crippen molar-refractivity contribution in [2.45, 2.75) is 25.4 Å². The van der Waals surface area contributed by atoms with E-state index in [1.165, 1.54) is 0 Å². The Balaban J connectivity index is 1.54. The van der Waals surface area contributed by atoms with Crippen LogP contribution in [0.1, 0.15) is 30.9 Å². The van der Waals surface area contributed by atoms with Crippen LogP contribution >= 0.6 is 0 Å². The molecule has 23 heavy (non-hydrogen) atoms. The standard InChI is InChI=1S/C19H21NO3/c21-17(13-20-19(22)16-5-2-1-3-6-16)14-8-10-15(11-9-14)18-7-4-12-23-18/h1-2,4,7-12,16-17,21H,3,5-6,13H2,(H,20,22)/t16-,17+/m1/s1. The van der Waals surface area contributed by atoms with Gasteiger partial charge in [0, 0.05) is 18.0 Å². The van der Waals surface area contributed by atoms with Crippen LogP contribution in [0.4, 0.5) is 0 Å². The smallest absolute Gasteiger partial charge is 0.223 e. The van der Waals surface area contributed by atoms with Gasteiger partial charge in [-0.05, 0) is 37.0 Å². The number of carbonyl (C=O) groups excluding carboxylic acids is 1. The van der Waals surface area contributed by atoms with Crippen molar-refractivity contribution in [1.29, 1.82) is 0 Å². The average Bonchev–Trinajstić information content (AvgIpc) is 3.15. The Labute approximate surface area is 135 Å². The van der Waals surface area contributed by atoms with Gasteiger partial charge in [0.15, 0.2) is 0 Å². The summed E-state index contributed by atoms with van der Waals surface area (Å²) in [5, 5.41) is 13.1. The van der Waals surface area contributed by atoms with E-state index in [4.69, 9.17) is 4.42 Å². The van der Waals surface area contributed by atoms with Crippen molar-refractivity contribution in [2.75, 3.05) is 6.54 Å². The number of furan rings is 1. The van der Waals surface area contributed by atoms with Crippen LogP contribution in [0.25, 0.3) is 11.3 Å². The summed E-state index contributed by atoms with van der Waals surface area (Å²) in [5.74, 6) is 0.860. The van der Waals surface area contributed by atoms with Crippen molar-refractivity contribution in [1.82, 2.24) is 5.32 Å². The lowest BCUT2D eigenvalue weighted by Crippen LogP contribution is -2.34. The molecule has 3 rings (SSSR count). The molecular weight excluding hydrogens is 290 g/mol. The molecule has 120 valence electrons. The highest BCUT2D eigenvalue weighted by atomic mass is 16.3. The molecule has 1 amide bonds. The number of aliphatic hydroxyl groups is 1. The summed E-state index contributed by atoms with van der Waals surface area (Å²) in [7, 11) is 0. The van der Waals surface area contributed by atoms with Crippen LogP contribution in [-0.2, 0) is 4.79 Å². The normalized spacial score (nSPS) is 18.6. The van der Waals surface area contributed by atoms with E-state index in [0.29, 0.717) is 0 Å². The Kier molecular flexibility index (Phi) is 4.93. The highest BCUT2D eigenvalue weighted by molar-refractivity contribution is 5.79. The molecule has 0 saturated heterocycles. The topological polar surface area (TPSA) is 62.5 Å². The van der Waals surface area contributed by atoms with Gasteiger partial charge in [0.25, 0.3) is 0 Å². The summed E-state index contributed by atoms with van der Waals surface area (Å²) < 4.78 is 5.34. The van der Waals surface area contributed by atoms with Crippen LogP contribution in [0.15, 0.2) is 59.2 Å². The number of nitrogens with one attached hydrogen (secondary N) is 1. The average molecular weight is 311 g/mol. The van der Waals surface area contributed by atoms with Crippen LogP contribution in [0.2, 0.25) is 0 Å². The second-order valence-electron chi connectivity index (χ2n) is 5.84. The lowest BCUT2D eigenvalue weighted by molar-refractivity contribution is -0.125. The van der Waals surface area contributed by atoms with Crippen molar-refractivity contribution < 1.29 is 14.3 Å². The maximum absolute atomic E-state index is 12.1. The Morgan fingerprint density at radius 2 is 2.09 bits per heavy atom. The third-order valence-electron chi connectivity index (χ3n) is 4.21. The lowest BCUT2D eigenvalue weighted by atomic mass is 9.93. The van der Waals surface area contributed by atoms with Gasteiger partial charge in [0.05, 0.1) is 12.4 Å². The molecule has 0 radical (unpaired) electrons. The van der Waals surface area contributed by atoms with E-state index in [2.05, 4.69) is 17.5 Å². The predicted octanol–water partition coefficient (Wildman–Crippen LogP) is 3.45. The summed E-state index contributed by atoms with van der Waals surface area (Å²) in [4.78, 5) is 12.1. The van der Waals surface area contributed by atoms with Crippen molar-refractivity contribution >= 4 is 5.91 Å². The second kappa shape index (κ2) is 7.29. The third-order valence-corrected chi connectivity index (χ3v) is 4.21. The summed E-state index contributed by atoms with van der Waals surface area (Å²) in [5.41, 5.74) is 1.74. The van der Waals surface area contributed by atoms with E-state index in [9.17, 15) is 9.90 Å². The van der Waals surface area contributed by atoms with Crippen molar-refractivity contribution in [3.05, 3.63) is 60.4 Å². The summed E-state index contributed by atoms with van der Waals surface area (Å²) in [6.45, 7) is 0.235. The zero-order chi connectivity index (χ0) is 16.1. The lowest BCUT2D eigenvalue weighted by Gasteiger charge is -2.19. The SMILES string of the molecule is O=C(NC[C@H](O)c1ccc(-c2ccco2)cc1)[C@@H]1CC=CCC1. The molecule has 4 nitrogen and oxygen atoms in total. The Bertz CT molecular complexity index is 658. The van der Waals surface area contributed by atoms with Gasteiger partial charge in [-0.15, -0.1) is 0 Å². The van der Waals surface area contributed by atoms with Gasteiger partial charge in [0.1, 0.15) is 5.76 Å². The molecule has 0 spiro atoms. The first-order chi connectivity index (χ1) is 11.2. The summed E-state index contributed by atoms with van der Waals surface area (Å²) in [6.07, 6.45) is 7.72. The molecule has 4 heteroatoms. The zero-order valence-corrected chi connectivity index (χ0v) is 12.9. The molecule has 1 aliphatic carbocycles. The molecule has 0 aliphatic heterocycles. The minimum absolute atomic E-state index is 0.0283. The van der Waals surface area contributed by atoms with Crippen LogP contribution in [-0.4, -0.2) is 17.6 Å². The maximum atomic E-state index is 12.1. The van der Waals surface area contributed by atoms with E-state index in [0.717, 1.165) is 36.1 Å². The number of hydrogen-bond donors (Lipinski definition) is 2. The first kappa shape index (κ1) is 15.6. The Morgan fingerprint density at radius 1 is 1.26 bits per heavy atom. The van der Waals surface area contributed by atoms with Gasteiger partial charge in [-0.25, -0.2) is 0 Å². The van der Waals surface area contributed by atoms with Gasteiger partial charge in [-0.2, -0.15) is 0 Å².